The average Bonchev–Trinajstić information content (AvgIpc) is 3.11. The largest absolute Gasteiger partial charge is 0.383 e. The van der Waals surface area contributed by atoms with Crippen LogP contribution in [0.1, 0.15) is 63.8 Å². The number of anilines is 2. The fourth-order valence-corrected chi connectivity index (χ4v) is 2.48. The van der Waals surface area contributed by atoms with E-state index in [1.807, 2.05) is 6.92 Å². The molecule has 1 saturated carbocycles. The average molecular weight is 262 g/mol. The van der Waals surface area contributed by atoms with Crippen LogP contribution in [0.25, 0.3) is 0 Å². The maximum absolute atomic E-state index is 5.98. The fraction of sp³-hybridized carbons (Fsp3) is 0.733. The maximum atomic E-state index is 5.98. The molecule has 0 aromatic carbocycles. The first kappa shape index (κ1) is 14.1. The fourth-order valence-electron chi connectivity index (χ4n) is 2.48. The van der Waals surface area contributed by atoms with Gasteiger partial charge >= 0.3 is 0 Å². The highest BCUT2D eigenvalue weighted by molar-refractivity contribution is 5.55. The van der Waals surface area contributed by atoms with Crippen molar-refractivity contribution in [3.63, 3.8) is 0 Å². The van der Waals surface area contributed by atoms with Crippen LogP contribution in [0, 0.1) is 12.3 Å². The van der Waals surface area contributed by atoms with E-state index in [1.165, 1.54) is 25.7 Å². The molecule has 3 N–H and O–H groups in total. The van der Waals surface area contributed by atoms with E-state index in [0.29, 0.717) is 17.2 Å². The van der Waals surface area contributed by atoms with Gasteiger partial charge in [0.1, 0.15) is 17.5 Å². The highest BCUT2D eigenvalue weighted by atomic mass is 15.1. The van der Waals surface area contributed by atoms with E-state index in [1.54, 1.807) is 0 Å². The van der Waals surface area contributed by atoms with Crippen molar-refractivity contribution in [2.75, 3.05) is 17.6 Å². The summed E-state index contributed by atoms with van der Waals surface area (Å²) in [5.41, 5.74) is 7.46. The van der Waals surface area contributed by atoms with Crippen LogP contribution < -0.4 is 11.1 Å². The molecule has 0 bridgehead atoms. The summed E-state index contributed by atoms with van der Waals surface area (Å²) in [4.78, 5) is 8.98. The van der Waals surface area contributed by atoms with Crippen LogP contribution in [0.15, 0.2) is 0 Å². The van der Waals surface area contributed by atoms with Crippen LogP contribution in [-0.2, 0) is 0 Å². The van der Waals surface area contributed by atoms with Crippen molar-refractivity contribution in [1.82, 2.24) is 9.97 Å². The molecule has 4 nitrogen and oxygen atoms in total. The third kappa shape index (κ3) is 3.17. The molecule has 106 valence electrons. The molecule has 1 aromatic heterocycles. The van der Waals surface area contributed by atoms with E-state index in [-0.39, 0.29) is 0 Å². The summed E-state index contributed by atoms with van der Waals surface area (Å²) in [5, 5.41) is 3.51. The van der Waals surface area contributed by atoms with Crippen LogP contribution in [0.2, 0.25) is 0 Å². The van der Waals surface area contributed by atoms with Gasteiger partial charge in [-0.1, -0.05) is 27.2 Å². The zero-order valence-electron chi connectivity index (χ0n) is 12.6. The number of nitrogens with one attached hydrogen (secondary N) is 1. The Balaban J connectivity index is 2.11. The topological polar surface area (TPSA) is 63.8 Å². The lowest BCUT2D eigenvalue weighted by atomic mass is 10.0. The van der Waals surface area contributed by atoms with E-state index in [0.717, 1.165) is 23.8 Å². The number of hydrogen-bond donors (Lipinski definition) is 2. The molecule has 0 aliphatic heterocycles. The Hall–Kier alpha value is -1.32. The molecular weight excluding hydrogens is 236 g/mol. The minimum Gasteiger partial charge on any atom is -0.383 e. The Morgan fingerprint density at radius 3 is 2.53 bits per heavy atom. The Kier molecular flexibility index (Phi) is 3.97. The molecule has 0 atom stereocenters. The molecule has 1 fully saturated rings. The maximum Gasteiger partial charge on any atom is 0.135 e. The van der Waals surface area contributed by atoms with Crippen LogP contribution in [0.4, 0.5) is 11.6 Å². The van der Waals surface area contributed by atoms with Crippen molar-refractivity contribution in [3.8, 4) is 0 Å². The molecule has 1 aliphatic rings. The first-order valence-electron chi connectivity index (χ1n) is 7.35. The van der Waals surface area contributed by atoms with Crippen molar-refractivity contribution in [3.05, 3.63) is 11.4 Å². The lowest BCUT2D eigenvalue weighted by Gasteiger charge is -2.18. The van der Waals surface area contributed by atoms with E-state index in [9.17, 15) is 0 Å². The lowest BCUT2D eigenvalue weighted by Crippen LogP contribution is -2.18. The predicted octanol–water partition coefficient (Wildman–Crippen LogP) is 3.48. The van der Waals surface area contributed by atoms with Crippen LogP contribution in [0.5, 0.6) is 0 Å². The van der Waals surface area contributed by atoms with Crippen molar-refractivity contribution >= 4 is 11.6 Å². The first-order chi connectivity index (χ1) is 8.97. The molecule has 4 heteroatoms. The van der Waals surface area contributed by atoms with E-state index < -0.39 is 0 Å². The van der Waals surface area contributed by atoms with Gasteiger partial charge < -0.3 is 11.1 Å². The summed E-state index contributed by atoms with van der Waals surface area (Å²) in [7, 11) is 0. The zero-order chi connectivity index (χ0) is 14.0. The van der Waals surface area contributed by atoms with Crippen LogP contribution in [0.3, 0.4) is 0 Å². The van der Waals surface area contributed by atoms with E-state index in [4.69, 9.17) is 5.73 Å². The van der Waals surface area contributed by atoms with E-state index in [2.05, 4.69) is 36.1 Å². The first-order valence-corrected chi connectivity index (χ1v) is 7.35. The molecule has 1 aromatic rings. The van der Waals surface area contributed by atoms with Gasteiger partial charge in [-0.2, -0.15) is 0 Å². The summed E-state index contributed by atoms with van der Waals surface area (Å²) in [6, 6.07) is 0. The molecule has 0 amide bonds. The number of hydrogen-bond acceptors (Lipinski definition) is 4. The van der Waals surface area contributed by atoms with Gasteiger partial charge in [0.05, 0.1) is 0 Å². The third-order valence-electron chi connectivity index (χ3n) is 4.09. The summed E-state index contributed by atoms with van der Waals surface area (Å²) in [6.07, 6.45) is 5.23. The molecule has 0 unspecified atom stereocenters. The molecule has 0 spiro atoms. The highest BCUT2D eigenvalue weighted by Gasteiger charge is 2.41. The SMILES string of the molecule is CCCC1(CNc2nc(C(C)C)nc(N)c2C)CC1. The van der Waals surface area contributed by atoms with Gasteiger partial charge in [-0.15, -0.1) is 0 Å². The smallest absolute Gasteiger partial charge is 0.135 e. The number of nitrogen functional groups attached to an aromatic ring is 1. The Bertz CT molecular complexity index is 450. The predicted molar refractivity (Wildman–Crippen MR) is 80.3 cm³/mol. The number of rotatable bonds is 6. The summed E-state index contributed by atoms with van der Waals surface area (Å²) in [6.45, 7) is 9.43. The Morgan fingerprint density at radius 2 is 2.00 bits per heavy atom. The normalized spacial score (nSPS) is 16.7. The third-order valence-corrected chi connectivity index (χ3v) is 4.09. The second-order valence-corrected chi connectivity index (χ2v) is 6.20. The number of nitrogens with two attached hydrogens (primary N) is 1. The Morgan fingerprint density at radius 1 is 1.32 bits per heavy atom. The number of nitrogens with zero attached hydrogens (tertiary/aromatic N) is 2. The van der Waals surface area contributed by atoms with Gasteiger partial charge in [0, 0.05) is 18.0 Å². The molecule has 1 heterocycles. The second kappa shape index (κ2) is 5.35. The lowest BCUT2D eigenvalue weighted by molar-refractivity contribution is 0.485. The molecule has 19 heavy (non-hydrogen) atoms. The molecule has 0 radical (unpaired) electrons. The van der Waals surface area contributed by atoms with Crippen molar-refractivity contribution in [1.29, 1.82) is 0 Å². The minimum absolute atomic E-state index is 0.300. The molecular formula is C15H26N4. The summed E-state index contributed by atoms with van der Waals surface area (Å²) in [5.74, 6) is 2.64. The molecule has 2 rings (SSSR count). The summed E-state index contributed by atoms with van der Waals surface area (Å²) < 4.78 is 0. The standard InChI is InChI=1S/C15H26N4/c1-5-6-15(7-8-15)9-17-14-11(4)12(16)18-13(19-14)10(2)3/h10H,5-9H2,1-4H3,(H3,16,17,18,19). The van der Waals surface area contributed by atoms with Gasteiger partial charge in [0.25, 0.3) is 0 Å². The van der Waals surface area contributed by atoms with Crippen LogP contribution >= 0.6 is 0 Å². The van der Waals surface area contributed by atoms with Gasteiger partial charge in [-0.3, -0.25) is 0 Å². The molecule has 1 aliphatic carbocycles. The monoisotopic (exact) mass is 262 g/mol. The quantitative estimate of drug-likeness (QED) is 0.823. The highest BCUT2D eigenvalue weighted by Crippen LogP contribution is 2.49. The van der Waals surface area contributed by atoms with Gasteiger partial charge in [0.15, 0.2) is 0 Å². The van der Waals surface area contributed by atoms with Crippen molar-refractivity contribution in [2.45, 2.75) is 59.3 Å². The van der Waals surface area contributed by atoms with Gasteiger partial charge in [-0.25, -0.2) is 9.97 Å². The number of aromatic nitrogens is 2. The van der Waals surface area contributed by atoms with E-state index >= 15 is 0 Å². The Labute approximate surface area is 116 Å². The zero-order valence-corrected chi connectivity index (χ0v) is 12.6. The van der Waals surface area contributed by atoms with Crippen molar-refractivity contribution in [2.24, 2.45) is 5.41 Å². The second-order valence-electron chi connectivity index (χ2n) is 6.20. The van der Waals surface area contributed by atoms with Crippen molar-refractivity contribution < 1.29 is 0 Å². The minimum atomic E-state index is 0.300. The molecule has 0 saturated heterocycles. The van der Waals surface area contributed by atoms with Gasteiger partial charge in [-0.05, 0) is 31.6 Å². The summed E-state index contributed by atoms with van der Waals surface area (Å²) >= 11 is 0. The van der Waals surface area contributed by atoms with Crippen LogP contribution in [-0.4, -0.2) is 16.5 Å². The van der Waals surface area contributed by atoms with Gasteiger partial charge in [0.2, 0.25) is 0 Å².